The molecule has 2 heterocycles. The Balaban J connectivity index is 2.26. The Hall–Kier alpha value is -1.44. The quantitative estimate of drug-likeness (QED) is 0.623. The number of nitrogens with one attached hydrogen (secondary N) is 1. The molecule has 7 nitrogen and oxygen atoms in total. The summed E-state index contributed by atoms with van der Waals surface area (Å²) >= 11 is 0. The fourth-order valence-electron chi connectivity index (χ4n) is 1.84. The van der Waals surface area contributed by atoms with Gasteiger partial charge in [-0.25, -0.2) is 4.79 Å². The number of aromatic nitrogens is 2. The Morgan fingerprint density at radius 3 is 3.00 bits per heavy atom. The maximum atomic E-state index is 11.7. The highest BCUT2D eigenvalue weighted by molar-refractivity contribution is 5.30. The number of aliphatic hydroxyl groups excluding tert-OH is 2. The molecule has 0 bridgehead atoms. The molecule has 7 heteroatoms. The van der Waals surface area contributed by atoms with Gasteiger partial charge in [0.05, 0.1) is 12.7 Å². The molecule has 0 radical (unpaired) electrons. The normalized spacial score (nSPS) is 28.3. The standard InChI is InChI=1S/C10H15N3O4/c1-11-8-2-3-13(10(16)12-8)9-7(15)4-6(5-14)17-9/h2-3,6-7,9,14-15H,4-5H2,1H3,(H,11,12,16)/t6-,7+,9+/m0/s1. The third kappa shape index (κ3) is 2.31. The largest absolute Gasteiger partial charge is 0.394 e. The van der Waals surface area contributed by atoms with Crippen molar-refractivity contribution in [1.82, 2.24) is 9.55 Å². The van der Waals surface area contributed by atoms with E-state index in [2.05, 4.69) is 10.3 Å². The molecule has 0 unspecified atom stereocenters. The molecule has 3 atom stereocenters. The fraction of sp³-hybridized carbons (Fsp3) is 0.600. The van der Waals surface area contributed by atoms with Gasteiger partial charge in [-0.05, 0) is 6.07 Å². The molecule has 0 aromatic carbocycles. The number of aliphatic hydroxyl groups is 2. The SMILES string of the molecule is CNc1ccn([C@@H]2O[C@H](CO)C[C@H]2O)c(=O)n1. The lowest BCUT2D eigenvalue weighted by Gasteiger charge is -2.17. The van der Waals surface area contributed by atoms with Gasteiger partial charge in [0, 0.05) is 19.7 Å². The summed E-state index contributed by atoms with van der Waals surface area (Å²) in [6.07, 6.45) is -0.216. The molecule has 1 aliphatic heterocycles. The van der Waals surface area contributed by atoms with E-state index in [1.807, 2.05) is 0 Å². The molecule has 0 amide bonds. The van der Waals surface area contributed by atoms with Gasteiger partial charge in [0.1, 0.15) is 11.9 Å². The molecule has 0 saturated carbocycles. The summed E-state index contributed by atoms with van der Waals surface area (Å²) in [4.78, 5) is 15.4. The van der Waals surface area contributed by atoms with E-state index < -0.39 is 24.1 Å². The van der Waals surface area contributed by atoms with E-state index in [9.17, 15) is 9.90 Å². The first kappa shape index (κ1) is 12.0. The third-order valence-electron chi connectivity index (χ3n) is 2.73. The second-order valence-electron chi connectivity index (χ2n) is 3.89. The fourth-order valence-corrected chi connectivity index (χ4v) is 1.84. The number of ether oxygens (including phenoxy) is 1. The molecule has 1 aromatic rings. The summed E-state index contributed by atoms with van der Waals surface area (Å²) in [5.41, 5.74) is -0.500. The van der Waals surface area contributed by atoms with Crippen molar-refractivity contribution in [2.75, 3.05) is 19.0 Å². The summed E-state index contributed by atoms with van der Waals surface area (Å²) in [5.74, 6) is 0.456. The zero-order valence-corrected chi connectivity index (χ0v) is 9.41. The molecule has 3 N–H and O–H groups in total. The first-order chi connectivity index (χ1) is 8.15. The van der Waals surface area contributed by atoms with Gasteiger partial charge in [-0.15, -0.1) is 0 Å². The van der Waals surface area contributed by atoms with E-state index in [4.69, 9.17) is 9.84 Å². The molecule has 1 saturated heterocycles. The monoisotopic (exact) mass is 241 g/mol. The summed E-state index contributed by atoms with van der Waals surface area (Å²) < 4.78 is 6.59. The third-order valence-corrected chi connectivity index (χ3v) is 2.73. The minimum Gasteiger partial charge on any atom is -0.394 e. The number of hydrogen-bond acceptors (Lipinski definition) is 6. The Kier molecular flexibility index (Phi) is 3.41. The van der Waals surface area contributed by atoms with E-state index >= 15 is 0 Å². The van der Waals surface area contributed by atoms with Crippen LogP contribution in [0.2, 0.25) is 0 Å². The van der Waals surface area contributed by atoms with Crippen LogP contribution in [0.4, 0.5) is 5.82 Å². The molecule has 1 aromatic heterocycles. The van der Waals surface area contributed by atoms with Crippen LogP contribution in [-0.4, -0.2) is 45.6 Å². The molecular weight excluding hydrogens is 226 g/mol. The van der Waals surface area contributed by atoms with Crippen molar-refractivity contribution in [2.24, 2.45) is 0 Å². The topological polar surface area (TPSA) is 96.6 Å². The van der Waals surface area contributed by atoms with Crippen LogP contribution in [0, 0.1) is 0 Å². The lowest BCUT2D eigenvalue weighted by Crippen LogP contribution is -2.31. The molecule has 1 fully saturated rings. The predicted molar refractivity (Wildman–Crippen MR) is 59.7 cm³/mol. The smallest absolute Gasteiger partial charge is 0.351 e. The Labute approximate surface area is 97.7 Å². The number of hydrogen-bond donors (Lipinski definition) is 3. The van der Waals surface area contributed by atoms with E-state index in [0.717, 1.165) is 0 Å². The van der Waals surface area contributed by atoms with Gasteiger partial charge >= 0.3 is 5.69 Å². The van der Waals surface area contributed by atoms with Gasteiger partial charge in [0.2, 0.25) is 0 Å². The average molecular weight is 241 g/mol. The lowest BCUT2D eigenvalue weighted by atomic mass is 10.2. The molecule has 2 rings (SSSR count). The summed E-state index contributed by atoms with van der Waals surface area (Å²) in [6.45, 7) is -0.176. The van der Waals surface area contributed by atoms with Crippen LogP contribution in [0.25, 0.3) is 0 Å². The maximum absolute atomic E-state index is 11.7. The van der Waals surface area contributed by atoms with Crippen molar-refractivity contribution in [3.8, 4) is 0 Å². The predicted octanol–water partition coefficient (Wildman–Crippen LogP) is -1.07. The molecule has 0 aliphatic carbocycles. The van der Waals surface area contributed by atoms with Crippen LogP contribution in [0.1, 0.15) is 12.6 Å². The van der Waals surface area contributed by atoms with E-state index in [1.165, 1.54) is 10.8 Å². The van der Waals surface area contributed by atoms with Crippen LogP contribution < -0.4 is 11.0 Å². The molecule has 17 heavy (non-hydrogen) atoms. The maximum Gasteiger partial charge on any atom is 0.351 e. The minimum atomic E-state index is -0.813. The van der Waals surface area contributed by atoms with Crippen LogP contribution in [-0.2, 0) is 4.74 Å². The van der Waals surface area contributed by atoms with Gasteiger partial charge in [0.25, 0.3) is 0 Å². The molecule has 94 valence electrons. The summed E-state index contributed by atoms with van der Waals surface area (Å²) in [5, 5.41) is 21.5. The van der Waals surface area contributed by atoms with Crippen molar-refractivity contribution in [2.45, 2.75) is 24.9 Å². The van der Waals surface area contributed by atoms with Gasteiger partial charge in [0.15, 0.2) is 6.23 Å². The lowest BCUT2D eigenvalue weighted by molar-refractivity contribution is -0.0529. The summed E-state index contributed by atoms with van der Waals surface area (Å²) in [6, 6.07) is 1.61. The van der Waals surface area contributed by atoms with E-state index in [0.29, 0.717) is 12.2 Å². The highest BCUT2D eigenvalue weighted by atomic mass is 16.5. The van der Waals surface area contributed by atoms with Crippen molar-refractivity contribution in [3.05, 3.63) is 22.7 Å². The average Bonchev–Trinajstić information content (AvgIpc) is 2.70. The second-order valence-corrected chi connectivity index (χ2v) is 3.89. The summed E-state index contributed by atoms with van der Waals surface area (Å²) in [7, 11) is 1.66. The number of anilines is 1. The van der Waals surface area contributed by atoms with Gasteiger partial charge in [-0.2, -0.15) is 4.98 Å². The minimum absolute atomic E-state index is 0.176. The van der Waals surface area contributed by atoms with Gasteiger partial charge < -0.3 is 20.3 Å². The Bertz CT molecular complexity index is 447. The zero-order valence-electron chi connectivity index (χ0n) is 9.41. The van der Waals surface area contributed by atoms with Crippen LogP contribution in [0.3, 0.4) is 0 Å². The van der Waals surface area contributed by atoms with E-state index in [1.54, 1.807) is 13.1 Å². The highest BCUT2D eigenvalue weighted by Crippen LogP contribution is 2.27. The Morgan fingerprint density at radius 1 is 1.71 bits per heavy atom. The van der Waals surface area contributed by atoms with Crippen molar-refractivity contribution in [3.63, 3.8) is 0 Å². The molecule has 0 spiro atoms. The van der Waals surface area contributed by atoms with Crippen LogP contribution in [0.5, 0.6) is 0 Å². The van der Waals surface area contributed by atoms with Gasteiger partial charge in [-0.1, -0.05) is 0 Å². The van der Waals surface area contributed by atoms with E-state index in [-0.39, 0.29) is 6.61 Å². The second kappa shape index (κ2) is 4.82. The van der Waals surface area contributed by atoms with Crippen molar-refractivity contribution in [1.29, 1.82) is 0 Å². The molecular formula is C10H15N3O4. The van der Waals surface area contributed by atoms with Crippen LogP contribution in [0.15, 0.2) is 17.1 Å². The van der Waals surface area contributed by atoms with Gasteiger partial charge in [-0.3, -0.25) is 4.57 Å². The first-order valence-corrected chi connectivity index (χ1v) is 5.37. The zero-order chi connectivity index (χ0) is 12.4. The first-order valence-electron chi connectivity index (χ1n) is 5.37. The molecule has 1 aliphatic rings. The number of nitrogens with zero attached hydrogens (tertiary/aromatic N) is 2. The van der Waals surface area contributed by atoms with Crippen LogP contribution >= 0.6 is 0 Å². The Morgan fingerprint density at radius 2 is 2.47 bits per heavy atom. The van der Waals surface area contributed by atoms with Crippen molar-refractivity contribution < 1.29 is 14.9 Å². The highest BCUT2D eigenvalue weighted by Gasteiger charge is 2.35. The van der Waals surface area contributed by atoms with Crippen molar-refractivity contribution >= 4 is 5.82 Å². The number of rotatable bonds is 3.